The van der Waals surface area contributed by atoms with Crippen LogP contribution >= 0.6 is 11.3 Å². The normalized spacial score (nSPS) is 12.4. The molecular formula is C42H24N2S. The van der Waals surface area contributed by atoms with E-state index in [0.29, 0.717) is 0 Å². The minimum atomic E-state index is 1.18. The Bertz CT molecular complexity index is 3030. The molecule has 45 heavy (non-hydrogen) atoms. The molecule has 0 saturated carbocycles. The first-order chi connectivity index (χ1) is 22.3. The molecule has 2 nitrogen and oxygen atoms in total. The zero-order valence-corrected chi connectivity index (χ0v) is 25.0. The van der Waals surface area contributed by atoms with E-state index in [9.17, 15) is 0 Å². The van der Waals surface area contributed by atoms with Gasteiger partial charge in [-0.15, -0.1) is 11.3 Å². The first kappa shape index (κ1) is 23.8. The second-order valence-electron chi connectivity index (χ2n) is 12.1. The average Bonchev–Trinajstić information content (AvgIpc) is 3.75. The number of fused-ring (bicyclic) bond motifs is 10. The number of nitrogens with zero attached hydrogens (tertiary/aromatic N) is 2. The van der Waals surface area contributed by atoms with E-state index in [-0.39, 0.29) is 0 Å². The standard InChI is InChI=1S/C42H24N2S/c1-2-11-25(12-3-1)43-34-19-7-6-15-28(34)32-23-37-33(24-36(32)43)31-18-8-17-30-27-14-5-4-13-26(27)29-16-9-21-38-40(29)41-35(44(37)42(30)31)20-10-22-39(41)45-38/h1-24H. The van der Waals surface area contributed by atoms with Crippen LogP contribution in [0.15, 0.2) is 146 Å². The van der Waals surface area contributed by atoms with Gasteiger partial charge in [0, 0.05) is 52.8 Å². The maximum absolute atomic E-state index is 2.57. The number of hydrogen-bond donors (Lipinski definition) is 0. The molecule has 0 radical (unpaired) electrons. The van der Waals surface area contributed by atoms with Crippen molar-refractivity contribution in [3.8, 4) is 5.69 Å². The minimum absolute atomic E-state index is 1.18. The summed E-state index contributed by atoms with van der Waals surface area (Å²) in [6.45, 7) is 0. The Kier molecular flexibility index (Phi) is 4.49. The van der Waals surface area contributed by atoms with Crippen LogP contribution in [-0.2, 0) is 0 Å². The van der Waals surface area contributed by atoms with Crippen molar-refractivity contribution in [3.63, 3.8) is 0 Å². The Labute approximate surface area is 261 Å². The molecule has 11 rings (SSSR count). The Morgan fingerprint density at radius 3 is 1.76 bits per heavy atom. The quantitative estimate of drug-likeness (QED) is 0.180. The summed E-state index contributed by atoms with van der Waals surface area (Å²) in [5.41, 5.74) is 7.39. The van der Waals surface area contributed by atoms with E-state index in [1.165, 1.54) is 96.5 Å². The van der Waals surface area contributed by atoms with Crippen LogP contribution in [0.5, 0.6) is 0 Å². The van der Waals surface area contributed by atoms with Crippen LogP contribution in [0.25, 0.3) is 96.5 Å². The Morgan fingerprint density at radius 1 is 0.356 bits per heavy atom. The summed E-state index contributed by atoms with van der Waals surface area (Å²) in [5.74, 6) is 0. The summed E-state index contributed by atoms with van der Waals surface area (Å²) in [6.07, 6.45) is 0. The van der Waals surface area contributed by atoms with E-state index >= 15 is 0 Å². The largest absolute Gasteiger partial charge is 0.309 e. The fourth-order valence-corrected chi connectivity index (χ4v) is 9.21. The van der Waals surface area contributed by atoms with Gasteiger partial charge in [0.25, 0.3) is 0 Å². The highest BCUT2D eigenvalue weighted by atomic mass is 32.1. The first-order valence-electron chi connectivity index (χ1n) is 15.5. The van der Waals surface area contributed by atoms with Crippen molar-refractivity contribution in [2.75, 3.05) is 0 Å². The van der Waals surface area contributed by atoms with Crippen LogP contribution in [0.3, 0.4) is 0 Å². The van der Waals surface area contributed by atoms with Crippen LogP contribution in [0, 0.1) is 0 Å². The highest BCUT2D eigenvalue weighted by Crippen LogP contribution is 2.45. The lowest BCUT2D eigenvalue weighted by atomic mass is 10.0. The van der Waals surface area contributed by atoms with Gasteiger partial charge in [-0.05, 0) is 64.7 Å². The third-order valence-electron chi connectivity index (χ3n) is 9.84. The summed E-state index contributed by atoms with van der Waals surface area (Å²) in [7, 11) is 0. The fraction of sp³-hybridized carbons (Fsp3) is 0. The maximum Gasteiger partial charge on any atom is 0.0619 e. The lowest BCUT2D eigenvalue weighted by molar-refractivity contribution is 1.18. The highest BCUT2D eigenvalue weighted by Gasteiger charge is 2.20. The zero-order chi connectivity index (χ0) is 29.2. The SMILES string of the molecule is c1ccc(-n2c3ccccc3c3cc4c(cc32)c2cccc3c5ccccc5c5cccc6sc7cccc(c7c65)n4c32)cc1. The van der Waals surface area contributed by atoms with Gasteiger partial charge in [-0.2, -0.15) is 0 Å². The van der Waals surface area contributed by atoms with Crippen molar-refractivity contribution in [1.29, 1.82) is 0 Å². The van der Waals surface area contributed by atoms with Crippen molar-refractivity contribution >= 4 is 102 Å². The Morgan fingerprint density at radius 2 is 0.911 bits per heavy atom. The van der Waals surface area contributed by atoms with Crippen molar-refractivity contribution < 1.29 is 0 Å². The molecule has 0 bridgehead atoms. The summed E-state index contributed by atoms with van der Waals surface area (Å²) >= 11 is 1.90. The van der Waals surface area contributed by atoms with E-state index < -0.39 is 0 Å². The monoisotopic (exact) mass is 588 g/mol. The molecule has 7 aromatic carbocycles. The number of benzene rings is 7. The summed E-state index contributed by atoms with van der Waals surface area (Å²) in [6, 6.07) is 54.0. The molecule has 0 aliphatic carbocycles. The summed E-state index contributed by atoms with van der Waals surface area (Å²) in [5, 5.41) is 12.9. The smallest absolute Gasteiger partial charge is 0.0619 e. The van der Waals surface area contributed by atoms with E-state index in [0.717, 1.165) is 0 Å². The molecule has 0 saturated heterocycles. The van der Waals surface area contributed by atoms with Crippen molar-refractivity contribution in [1.82, 2.24) is 8.97 Å². The molecule has 4 heterocycles. The molecule has 0 amide bonds. The summed E-state index contributed by atoms with van der Waals surface area (Å²) < 4.78 is 7.65. The molecule has 0 aliphatic heterocycles. The van der Waals surface area contributed by atoms with Gasteiger partial charge in [0.1, 0.15) is 0 Å². The number of aromatic nitrogens is 2. The second-order valence-corrected chi connectivity index (χ2v) is 13.2. The third-order valence-corrected chi connectivity index (χ3v) is 11.0. The molecule has 4 aromatic heterocycles. The number of hydrogen-bond acceptors (Lipinski definition) is 1. The van der Waals surface area contributed by atoms with Gasteiger partial charge in [-0.1, -0.05) is 97.1 Å². The number of para-hydroxylation sites is 3. The van der Waals surface area contributed by atoms with Gasteiger partial charge in [-0.3, -0.25) is 0 Å². The molecule has 0 spiro atoms. The maximum atomic E-state index is 2.57. The van der Waals surface area contributed by atoms with Gasteiger partial charge >= 0.3 is 0 Å². The van der Waals surface area contributed by atoms with E-state index in [2.05, 4.69) is 155 Å². The van der Waals surface area contributed by atoms with Gasteiger partial charge < -0.3 is 8.97 Å². The zero-order valence-electron chi connectivity index (χ0n) is 24.2. The van der Waals surface area contributed by atoms with Crippen LogP contribution in [0.1, 0.15) is 0 Å². The summed E-state index contributed by atoms with van der Waals surface area (Å²) in [4.78, 5) is 0. The minimum Gasteiger partial charge on any atom is -0.309 e. The van der Waals surface area contributed by atoms with E-state index in [1.807, 2.05) is 11.3 Å². The molecule has 0 fully saturated rings. The van der Waals surface area contributed by atoms with Crippen LogP contribution in [-0.4, -0.2) is 8.97 Å². The Hall–Kier alpha value is -5.64. The fourth-order valence-electron chi connectivity index (χ4n) is 8.06. The molecule has 0 unspecified atom stereocenters. The number of thiophene rings is 1. The topological polar surface area (TPSA) is 9.34 Å². The predicted octanol–water partition coefficient (Wildman–Crippen LogP) is 12.0. The highest BCUT2D eigenvalue weighted by molar-refractivity contribution is 7.26. The van der Waals surface area contributed by atoms with Crippen LogP contribution in [0.4, 0.5) is 0 Å². The molecule has 208 valence electrons. The van der Waals surface area contributed by atoms with E-state index in [1.54, 1.807) is 0 Å². The first-order valence-corrected chi connectivity index (χ1v) is 16.3. The predicted molar refractivity (Wildman–Crippen MR) is 195 cm³/mol. The second kappa shape index (κ2) is 8.50. The Balaban J connectivity index is 1.49. The molecule has 0 atom stereocenters. The van der Waals surface area contributed by atoms with Crippen molar-refractivity contribution in [3.05, 3.63) is 146 Å². The lowest BCUT2D eigenvalue weighted by Crippen LogP contribution is -1.92. The van der Waals surface area contributed by atoms with Gasteiger partial charge in [0.15, 0.2) is 0 Å². The molecule has 0 aliphatic rings. The van der Waals surface area contributed by atoms with E-state index in [4.69, 9.17) is 0 Å². The molecule has 11 aromatic rings. The van der Waals surface area contributed by atoms with Crippen molar-refractivity contribution in [2.24, 2.45) is 0 Å². The van der Waals surface area contributed by atoms with Gasteiger partial charge in [0.2, 0.25) is 0 Å². The molecule has 3 heteroatoms. The molecular weight excluding hydrogens is 565 g/mol. The van der Waals surface area contributed by atoms with Crippen LogP contribution in [0.2, 0.25) is 0 Å². The number of rotatable bonds is 1. The molecule has 0 N–H and O–H groups in total. The van der Waals surface area contributed by atoms with Gasteiger partial charge in [0.05, 0.1) is 27.6 Å². The average molecular weight is 589 g/mol. The third kappa shape index (κ3) is 2.98. The van der Waals surface area contributed by atoms with Crippen molar-refractivity contribution in [2.45, 2.75) is 0 Å². The van der Waals surface area contributed by atoms with Gasteiger partial charge in [-0.25, -0.2) is 0 Å². The van der Waals surface area contributed by atoms with Crippen LogP contribution < -0.4 is 0 Å². The lowest BCUT2D eigenvalue weighted by Gasteiger charge is -2.07.